The summed E-state index contributed by atoms with van der Waals surface area (Å²) in [4.78, 5) is 33.5. The Kier molecular flexibility index (Phi) is 6.94. The summed E-state index contributed by atoms with van der Waals surface area (Å²) in [5.74, 6) is 0.413. The molecule has 2 aliphatic rings. The molecule has 2 fully saturated rings. The molecule has 2 aromatic rings. The van der Waals surface area contributed by atoms with Crippen molar-refractivity contribution >= 4 is 29.4 Å². The Bertz CT molecular complexity index is 900. The predicted octanol–water partition coefficient (Wildman–Crippen LogP) is 2.81. The number of hydrogen-bond acceptors (Lipinski definition) is 5. The zero-order valence-corrected chi connectivity index (χ0v) is 17.6. The van der Waals surface area contributed by atoms with E-state index in [0.29, 0.717) is 31.7 Å². The lowest BCUT2D eigenvalue weighted by molar-refractivity contribution is -0.130. The molecule has 162 valence electrons. The Hall–Kier alpha value is -3.19. The van der Waals surface area contributed by atoms with Gasteiger partial charge in [-0.1, -0.05) is 30.3 Å². The quantitative estimate of drug-likeness (QED) is 0.753. The Labute approximate surface area is 182 Å². The lowest BCUT2D eigenvalue weighted by Gasteiger charge is -2.30. The highest BCUT2D eigenvalue weighted by Gasteiger charge is 2.26. The normalized spacial score (nSPS) is 17.7. The average molecular weight is 421 g/mol. The number of pyridine rings is 1. The van der Waals surface area contributed by atoms with Gasteiger partial charge in [0, 0.05) is 38.2 Å². The predicted molar refractivity (Wildman–Crippen MR) is 121 cm³/mol. The number of carbonyl (C=O) groups excluding carboxylic acids is 2. The third-order valence-corrected chi connectivity index (χ3v) is 5.77. The van der Waals surface area contributed by atoms with Crippen LogP contribution >= 0.6 is 0 Å². The molecule has 0 radical (unpaired) electrons. The molecule has 2 amide bonds. The van der Waals surface area contributed by atoms with Crippen LogP contribution in [0.25, 0.3) is 6.08 Å². The number of carbonyl (C=O) groups is 2. The van der Waals surface area contributed by atoms with Crippen molar-refractivity contribution in [3.63, 3.8) is 0 Å². The fourth-order valence-corrected chi connectivity index (χ4v) is 3.90. The maximum absolute atomic E-state index is 12.6. The summed E-state index contributed by atoms with van der Waals surface area (Å²) in [6.07, 6.45) is 6.54. The fraction of sp³-hybridized carbons (Fsp3) is 0.375. The van der Waals surface area contributed by atoms with E-state index in [1.807, 2.05) is 48.5 Å². The summed E-state index contributed by atoms with van der Waals surface area (Å²) in [7, 11) is 0. The second kappa shape index (κ2) is 10.2. The second-order valence-electron chi connectivity index (χ2n) is 7.83. The molecule has 1 aromatic carbocycles. The van der Waals surface area contributed by atoms with E-state index in [1.54, 1.807) is 17.2 Å². The fourth-order valence-electron chi connectivity index (χ4n) is 3.90. The molecule has 0 unspecified atom stereocenters. The zero-order valence-electron chi connectivity index (χ0n) is 17.6. The first-order chi connectivity index (χ1) is 15.2. The topological polar surface area (TPSA) is 74.8 Å². The highest BCUT2D eigenvalue weighted by Crippen LogP contribution is 2.21. The van der Waals surface area contributed by atoms with E-state index in [0.717, 1.165) is 37.6 Å². The van der Waals surface area contributed by atoms with E-state index in [1.165, 1.54) is 0 Å². The van der Waals surface area contributed by atoms with Gasteiger partial charge in [-0.25, -0.2) is 4.98 Å². The van der Waals surface area contributed by atoms with Crippen molar-refractivity contribution in [1.29, 1.82) is 0 Å². The molecule has 0 spiro atoms. The van der Waals surface area contributed by atoms with Gasteiger partial charge in [-0.05, 0) is 36.6 Å². The van der Waals surface area contributed by atoms with Crippen LogP contribution in [0.5, 0.6) is 0 Å². The van der Waals surface area contributed by atoms with Crippen molar-refractivity contribution in [3.05, 3.63) is 60.3 Å². The average Bonchev–Trinajstić information content (AvgIpc) is 2.84. The van der Waals surface area contributed by atoms with Gasteiger partial charge in [0.15, 0.2) is 0 Å². The van der Waals surface area contributed by atoms with Crippen LogP contribution in [0.4, 0.5) is 11.5 Å². The van der Waals surface area contributed by atoms with Crippen LogP contribution in [-0.2, 0) is 14.3 Å². The number of likely N-dealkylation sites (tertiary alicyclic amines) is 1. The van der Waals surface area contributed by atoms with E-state index in [-0.39, 0.29) is 17.7 Å². The number of piperidine rings is 1. The molecule has 1 N–H and O–H groups in total. The van der Waals surface area contributed by atoms with Crippen LogP contribution in [0, 0.1) is 5.92 Å². The first kappa shape index (κ1) is 21.1. The number of amides is 2. The number of ether oxygens (including phenoxy) is 1. The summed E-state index contributed by atoms with van der Waals surface area (Å²) in [6, 6.07) is 13.6. The first-order valence-electron chi connectivity index (χ1n) is 10.8. The number of anilines is 2. The lowest BCUT2D eigenvalue weighted by atomic mass is 9.96. The monoisotopic (exact) mass is 420 g/mol. The standard InChI is InChI=1S/C24H28N4O3/c29-23(9-6-19-4-2-1-3-5-19)28-12-10-20(11-13-28)24(30)26-22-8-7-21(18-25-22)27-14-16-31-17-15-27/h1-9,18,20H,10-17H2,(H,25,26,30). The van der Waals surface area contributed by atoms with Crippen molar-refractivity contribution in [2.45, 2.75) is 12.8 Å². The highest BCUT2D eigenvalue weighted by atomic mass is 16.5. The van der Waals surface area contributed by atoms with Crippen LogP contribution in [0.2, 0.25) is 0 Å². The van der Waals surface area contributed by atoms with Gasteiger partial charge in [-0.15, -0.1) is 0 Å². The molecular formula is C24H28N4O3. The number of rotatable bonds is 5. The second-order valence-corrected chi connectivity index (χ2v) is 7.83. The van der Waals surface area contributed by atoms with Crippen molar-refractivity contribution < 1.29 is 14.3 Å². The van der Waals surface area contributed by atoms with Crippen molar-refractivity contribution in [1.82, 2.24) is 9.88 Å². The van der Waals surface area contributed by atoms with E-state index in [4.69, 9.17) is 4.74 Å². The van der Waals surface area contributed by atoms with Crippen LogP contribution in [0.1, 0.15) is 18.4 Å². The Balaban J connectivity index is 1.24. The van der Waals surface area contributed by atoms with Crippen molar-refractivity contribution in [2.75, 3.05) is 49.6 Å². The number of aromatic nitrogens is 1. The third kappa shape index (κ3) is 5.70. The summed E-state index contributed by atoms with van der Waals surface area (Å²) >= 11 is 0. The molecule has 3 heterocycles. The first-order valence-corrected chi connectivity index (χ1v) is 10.8. The summed E-state index contributed by atoms with van der Waals surface area (Å²) < 4.78 is 5.37. The molecule has 7 nitrogen and oxygen atoms in total. The van der Waals surface area contributed by atoms with Gasteiger partial charge in [0.2, 0.25) is 11.8 Å². The molecule has 0 bridgehead atoms. The van der Waals surface area contributed by atoms with Crippen molar-refractivity contribution in [3.8, 4) is 0 Å². The minimum Gasteiger partial charge on any atom is -0.378 e. The Morgan fingerprint density at radius 3 is 2.42 bits per heavy atom. The minimum atomic E-state index is -0.108. The molecule has 4 rings (SSSR count). The van der Waals surface area contributed by atoms with E-state index in [9.17, 15) is 9.59 Å². The molecular weight excluding hydrogens is 392 g/mol. The summed E-state index contributed by atoms with van der Waals surface area (Å²) in [6.45, 7) is 4.32. The van der Waals surface area contributed by atoms with Gasteiger partial charge >= 0.3 is 0 Å². The SMILES string of the molecule is O=C(Nc1ccc(N2CCOCC2)cn1)C1CCN(C(=O)C=Cc2ccccc2)CC1. The molecule has 2 aliphatic heterocycles. The summed E-state index contributed by atoms with van der Waals surface area (Å²) in [5, 5.41) is 2.92. The van der Waals surface area contributed by atoms with Crippen LogP contribution in [-0.4, -0.2) is 61.1 Å². The molecule has 0 saturated carbocycles. The van der Waals surface area contributed by atoms with Gasteiger partial charge in [0.25, 0.3) is 0 Å². The van der Waals surface area contributed by atoms with E-state index in [2.05, 4.69) is 15.2 Å². The largest absolute Gasteiger partial charge is 0.378 e. The van der Waals surface area contributed by atoms with Gasteiger partial charge in [0.05, 0.1) is 25.1 Å². The van der Waals surface area contributed by atoms with Crippen molar-refractivity contribution in [2.24, 2.45) is 5.92 Å². The Morgan fingerprint density at radius 2 is 1.74 bits per heavy atom. The van der Waals surface area contributed by atoms with Crippen LogP contribution < -0.4 is 10.2 Å². The highest BCUT2D eigenvalue weighted by molar-refractivity contribution is 5.93. The smallest absolute Gasteiger partial charge is 0.246 e. The molecule has 31 heavy (non-hydrogen) atoms. The molecule has 1 aromatic heterocycles. The van der Waals surface area contributed by atoms with Gasteiger partial charge < -0.3 is 19.9 Å². The molecule has 0 atom stereocenters. The number of hydrogen-bond donors (Lipinski definition) is 1. The van der Waals surface area contributed by atoms with E-state index < -0.39 is 0 Å². The minimum absolute atomic E-state index is 0.0110. The van der Waals surface area contributed by atoms with Crippen LogP contribution in [0.3, 0.4) is 0 Å². The maximum Gasteiger partial charge on any atom is 0.246 e. The third-order valence-electron chi connectivity index (χ3n) is 5.77. The molecule has 0 aliphatic carbocycles. The number of benzene rings is 1. The number of morpholine rings is 1. The molecule has 7 heteroatoms. The molecule has 2 saturated heterocycles. The maximum atomic E-state index is 12.6. The van der Waals surface area contributed by atoms with Gasteiger partial charge in [-0.3, -0.25) is 9.59 Å². The Morgan fingerprint density at radius 1 is 1.00 bits per heavy atom. The lowest BCUT2D eigenvalue weighted by Crippen LogP contribution is -2.40. The van der Waals surface area contributed by atoms with Crippen LogP contribution in [0.15, 0.2) is 54.7 Å². The van der Waals surface area contributed by atoms with Gasteiger partial charge in [-0.2, -0.15) is 0 Å². The summed E-state index contributed by atoms with van der Waals surface area (Å²) in [5.41, 5.74) is 2.04. The number of nitrogens with zero attached hydrogens (tertiary/aromatic N) is 3. The van der Waals surface area contributed by atoms with E-state index >= 15 is 0 Å². The zero-order chi connectivity index (χ0) is 21.5. The number of nitrogens with one attached hydrogen (secondary N) is 1. The van der Waals surface area contributed by atoms with Gasteiger partial charge in [0.1, 0.15) is 5.82 Å².